The normalized spacial score (nSPS) is 14.7. The van der Waals surface area contributed by atoms with Gasteiger partial charge in [-0.3, -0.25) is 4.79 Å². The van der Waals surface area contributed by atoms with Crippen molar-refractivity contribution in [1.82, 2.24) is 10.5 Å². The summed E-state index contributed by atoms with van der Waals surface area (Å²) in [4.78, 5) is 11.8. The van der Waals surface area contributed by atoms with Gasteiger partial charge in [-0.05, 0) is 30.9 Å². The summed E-state index contributed by atoms with van der Waals surface area (Å²) in [7, 11) is 0. The maximum atomic E-state index is 11.8. The van der Waals surface area contributed by atoms with E-state index in [9.17, 15) is 4.79 Å². The molecule has 1 aliphatic rings. The van der Waals surface area contributed by atoms with Crippen molar-refractivity contribution in [3.63, 3.8) is 0 Å². The average molecular weight is 246 g/mol. The Labute approximate surface area is 104 Å². The van der Waals surface area contributed by atoms with Crippen molar-refractivity contribution in [1.29, 1.82) is 0 Å². The van der Waals surface area contributed by atoms with E-state index in [0.29, 0.717) is 18.2 Å². The third-order valence-electron chi connectivity index (χ3n) is 3.02. The van der Waals surface area contributed by atoms with Crippen molar-refractivity contribution in [2.75, 3.05) is 6.54 Å². The van der Waals surface area contributed by atoms with Crippen molar-refractivity contribution in [2.45, 2.75) is 25.2 Å². The third-order valence-corrected chi connectivity index (χ3v) is 3.02. The van der Waals surface area contributed by atoms with Gasteiger partial charge in [0.15, 0.2) is 5.69 Å². The van der Waals surface area contributed by atoms with Gasteiger partial charge in [0.05, 0.1) is 12.5 Å². The Morgan fingerprint density at radius 1 is 1.50 bits per heavy atom. The quantitative estimate of drug-likeness (QED) is 0.877. The van der Waals surface area contributed by atoms with E-state index in [0.717, 1.165) is 30.6 Å². The third kappa shape index (κ3) is 2.45. The molecule has 0 unspecified atom stereocenters. The molecule has 94 valence electrons. The van der Waals surface area contributed by atoms with Gasteiger partial charge < -0.3 is 14.3 Å². The monoisotopic (exact) mass is 246 g/mol. The molecule has 0 aromatic carbocycles. The fourth-order valence-electron chi connectivity index (χ4n) is 1.80. The molecule has 0 radical (unpaired) electrons. The molecule has 1 saturated carbocycles. The Balaban J connectivity index is 1.50. The highest BCUT2D eigenvalue weighted by molar-refractivity contribution is 5.92. The van der Waals surface area contributed by atoms with Crippen molar-refractivity contribution in [3.05, 3.63) is 41.7 Å². The zero-order valence-corrected chi connectivity index (χ0v) is 9.89. The smallest absolute Gasteiger partial charge is 0.273 e. The second-order valence-corrected chi connectivity index (χ2v) is 4.53. The van der Waals surface area contributed by atoms with Gasteiger partial charge in [0.25, 0.3) is 5.91 Å². The number of rotatable bonds is 5. The van der Waals surface area contributed by atoms with Crippen LogP contribution in [0.25, 0.3) is 0 Å². The minimum atomic E-state index is -0.186. The van der Waals surface area contributed by atoms with E-state index in [4.69, 9.17) is 8.94 Å². The number of hydrogen-bond donors (Lipinski definition) is 1. The number of hydrogen-bond acceptors (Lipinski definition) is 4. The van der Waals surface area contributed by atoms with E-state index in [1.54, 1.807) is 18.6 Å². The second kappa shape index (κ2) is 4.68. The summed E-state index contributed by atoms with van der Waals surface area (Å²) in [5, 5.41) is 6.59. The summed E-state index contributed by atoms with van der Waals surface area (Å²) in [6.07, 6.45) is 6.31. The molecule has 0 aliphatic heterocycles. The first-order valence-electron chi connectivity index (χ1n) is 6.09. The first kappa shape index (κ1) is 11.1. The van der Waals surface area contributed by atoms with E-state index in [1.165, 1.54) is 0 Å². The minimum Gasteiger partial charge on any atom is -0.472 e. The molecular formula is C13H14N2O3. The molecule has 1 aliphatic carbocycles. The molecule has 2 aromatic rings. The molecule has 5 heteroatoms. The van der Waals surface area contributed by atoms with Crippen molar-refractivity contribution in [2.24, 2.45) is 0 Å². The molecule has 2 aromatic heterocycles. The van der Waals surface area contributed by atoms with Gasteiger partial charge in [-0.1, -0.05) is 5.16 Å². The first-order chi connectivity index (χ1) is 8.83. The fourth-order valence-corrected chi connectivity index (χ4v) is 1.80. The number of nitrogens with one attached hydrogen (secondary N) is 1. The van der Waals surface area contributed by atoms with Gasteiger partial charge in [-0.25, -0.2) is 0 Å². The molecule has 2 heterocycles. The SMILES string of the molecule is O=C(NCCc1ccoc1)c1cc(C2CC2)on1. The van der Waals surface area contributed by atoms with Crippen molar-refractivity contribution < 1.29 is 13.7 Å². The zero-order valence-electron chi connectivity index (χ0n) is 9.89. The predicted molar refractivity (Wildman–Crippen MR) is 63.2 cm³/mol. The molecule has 1 amide bonds. The summed E-state index contributed by atoms with van der Waals surface area (Å²) in [6.45, 7) is 0.560. The van der Waals surface area contributed by atoms with Gasteiger partial charge in [-0.15, -0.1) is 0 Å². The highest BCUT2D eigenvalue weighted by Gasteiger charge is 2.28. The van der Waals surface area contributed by atoms with Gasteiger partial charge in [0.2, 0.25) is 0 Å². The molecular weight excluding hydrogens is 232 g/mol. The van der Waals surface area contributed by atoms with Crippen LogP contribution in [0, 0.1) is 0 Å². The maximum Gasteiger partial charge on any atom is 0.273 e. The largest absolute Gasteiger partial charge is 0.472 e. The van der Waals surface area contributed by atoms with E-state index in [1.807, 2.05) is 6.07 Å². The van der Waals surface area contributed by atoms with E-state index < -0.39 is 0 Å². The van der Waals surface area contributed by atoms with Crippen LogP contribution in [0.1, 0.15) is 40.6 Å². The number of carbonyl (C=O) groups is 1. The van der Waals surface area contributed by atoms with Crippen LogP contribution in [0.2, 0.25) is 0 Å². The van der Waals surface area contributed by atoms with E-state index in [2.05, 4.69) is 10.5 Å². The lowest BCUT2D eigenvalue weighted by Crippen LogP contribution is -2.25. The second-order valence-electron chi connectivity index (χ2n) is 4.53. The summed E-state index contributed by atoms with van der Waals surface area (Å²) in [6, 6.07) is 3.62. The first-order valence-corrected chi connectivity index (χ1v) is 6.09. The summed E-state index contributed by atoms with van der Waals surface area (Å²) in [5.74, 6) is 1.12. The van der Waals surface area contributed by atoms with Crippen LogP contribution in [0.15, 0.2) is 33.6 Å². The molecule has 18 heavy (non-hydrogen) atoms. The molecule has 5 nitrogen and oxygen atoms in total. The lowest BCUT2D eigenvalue weighted by molar-refractivity contribution is 0.0945. The Bertz CT molecular complexity index is 526. The molecule has 1 N–H and O–H groups in total. The summed E-state index contributed by atoms with van der Waals surface area (Å²) >= 11 is 0. The van der Waals surface area contributed by atoms with E-state index in [-0.39, 0.29) is 5.91 Å². The molecule has 0 spiro atoms. The van der Waals surface area contributed by atoms with Crippen LogP contribution in [-0.2, 0) is 6.42 Å². The number of furan rings is 1. The van der Waals surface area contributed by atoms with Crippen LogP contribution in [0.3, 0.4) is 0 Å². The van der Waals surface area contributed by atoms with E-state index >= 15 is 0 Å². The van der Waals surface area contributed by atoms with Crippen molar-refractivity contribution >= 4 is 5.91 Å². The number of nitrogens with zero attached hydrogens (tertiary/aromatic N) is 1. The Hall–Kier alpha value is -2.04. The standard InChI is InChI=1S/C13H14N2O3/c16-13(14-5-3-9-4-6-17-8-9)11-7-12(18-15-11)10-1-2-10/h4,6-8,10H,1-3,5H2,(H,14,16). The minimum absolute atomic E-state index is 0.186. The maximum absolute atomic E-state index is 11.8. The molecule has 1 fully saturated rings. The van der Waals surface area contributed by atoms with Crippen molar-refractivity contribution in [3.8, 4) is 0 Å². The number of aromatic nitrogens is 1. The molecule has 0 saturated heterocycles. The van der Waals surface area contributed by atoms with Gasteiger partial charge in [0.1, 0.15) is 5.76 Å². The zero-order chi connectivity index (χ0) is 12.4. The lowest BCUT2D eigenvalue weighted by atomic mass is 10.2. The highest BCUT2D eigenvalue weighted by atomic mass is 16.5. The lowest BCUT2D eigenvalue weighted by Gasteiger charge is -2.00. The Kier molecular flexibility index (Phi) is 2.88. The van der Waals surface area contributed by atoms with Crippen LogP contribution >= 0.6 is 0 Å². The van der Waals surface area contributed by atoms with Crippen LogP contribution in [-0.4, -0.2) is 17.6 Å². The molecule has 3 rings (SSSR count). The number of carbonyl (C=O) groups excluding carboxylic acids is 1. The predicted octanol–water partition coefficient (Wildman–Crippen LogP) is 2.12. The van der Waals surface area contributed by atoms with Gasteiger partial charge >= 0.3 is 0 Å². The van der Waals surface area contributed by atoms with Gasteiger partial charge in [-0.2, -0.15) is 0 Å². The summed E-state index contributed by atoms with van der Waals surface area (Å²) in [5.41, 5.74) is 1.43. The van der Waals surface area contributed by atoms with Crippen LogP contribution < -0.4 is 5.32 Å². The average Bonchev–Trinajstić information content (AvgIpc) is 2.92. The van der Waals surface area contributed by atoms with Crippen LogP contribution in [0.4, 0.5) is 0 Å². The fraction of sp³-hybridized carbons (Fsp3) is 0.385. The number of amides is 1. The Morgan fingerprint density at radius 3 is 3.11 bits per heavy atom. The molecule has 0 bridgehead atoms. The molecule has 0 atom stereocenters. The van der Waals surface area contributed by atoms with Gasteiger partial charge in [0, 0.05) is 18.5 Å². The highest BCUT2D eigenvalue weighted by Crippen LogP contribution is 2.40. The Morgan fingerprint density at radius 2 is 2.39 bits per heavy atom. The topological polar surface area (TPSA) is 68.3 Å². The summed E-state index contributed by atoms with van der Waals surface area (Å²) < 4.78 is 10.1. The van der Waals surface area contributed by atoms with Crippen LogP contribution in [0.5, 0.6) is 0 Å².